The molecular formula is C37H74ClN3O6P2. The highest BCUT2D eigenvalue weighted by molar-refractivity contribution is 7.71. The molecule has 2 atom stereocenters. The number of hydrogen-bond donors (Lipinski definition) is 4. The molecule has 0 aliphatic heterocycles. The minimum atomic E-state index is -5.44. The van der Waals surface area contributed by atoms with Gasteiger partial charge in [0.2, 0.25) is 0 Å². The van der Waals surface area contributed by atoms with Crippen LogP contribution in [-0.2, 0) is 9.13 Å². The topological polar surface area (TPSA) is 173 Å². The average molecular weight is 754 g/mol. The molecule has 0 spiro atoms. The monoisotopic (exact) mass is 753 g/mol. The molecule has 0 aromatic heterocycles. The summed E-state index contributed by atoms with van der Waals surface area (Å²) in [5, 5.41) is 8.16. The lowest BCUT2D eigenvalue weighted by Crippen LogP contribution is -2.95. The maximum Gasteiger partial charge on any atom is 0.155 e. The van der Waals surface area contributed by atoms with Crippen LogP contribution in [0.15, 0.2) is 0 Å². The first-order chi connectivity index (χ1) is 23.5. The zero-order chi connectivity index (χ0) is 35.4. The van der Waals surface area contributed by atoms with E-state index < -0.39 is 20.1 Å². The standard InChI is InChI=1S/3C12H23N.CH5ClO6P2/c3*1-3-7-11(8-4-1)13-12-9-5-2-6-10-12;2-1(9(3,4)5)10(6,7)8/h3*11-13H,1-10H2;1H,(H2,3,4,5)(H2,6,7,8). The van der Waals surface area contributed by atoms with Gasteiger partial charge in [0.1, 0.15) is 4.86 Å². The molecule has 12 heteroatoms. The second kappa shape index (κ2) is 24.7. The first-order valence-corrected chi connectivity index (χ1v) is 24.4. The number of rotatable bonds is 8. The number of hydrogen-bond acceptors (Lipinski definition) is 5. The summed E-state index contributed by atoms with van der Waals surface area (Å²) in [6.07, 6.45) is 44.9. The van der Waals surface area contributed by atoms with Gasteiger partial charge in [0.25, 0.3) is 0 Å². The summed E-state index contributed by atoms with van der Waals surface area (Å²) in [4.78, 5) is 34.6. The van der Waals surface area contributed by atoms with Gasteiger partial charge in [-0.3, -0.25) is 0 Å². The Morgan fingerprint density at radius 1 is 0.408 bits per heavy atom. The maximum absolute atomic E-state index is 9.86. The van der Waals surface area contributed by atoms with Gasteiger partial charge in [-0.25, -0.2) is 0 Å². The van der Waals surface area contributed by atoms with E-state index >= 15 is 0 Å². The lowest BCUT2D eigenvalue weighted by Gasteiger charge is -2.38. The van der Waals surface area contributed by atoms with Crippen molar-refractivity contribution in [3.8, 4) is 0 Å². The summed E-state index contributed by atoms with van der Waals surface area (Å²) in [6.45, 7) is 0. The third kappa shape index (κ3) is 19.9. The SMILES string of the molecule is C1CCC([NH2+]C2CCCCC2)CC1.C1CCC([NH2+]C2CCCCC2)CC1.C1CCC([NH2+]C2CCCCC2)CC1.O=P([O-])([O-])C(Cl)P(=O)([O-])O. The van der Waals surface area contributed by atoms with Gasteiger partial charge >= 0.3 is 0 Å². The highest BCUT2D eigenvalue weighted by Gasteiger charge is 2.25. The summed E-state index contributed by atoms with van der Waals surface area (Å²) >= 11 is 4.52. The highest BCUT2D eigenvalue weighted by atomic mass is 35.5. The normalized spacial score (nSPS) is 26.5. The zero-order valence-electron chi connectivity index (χ0n) is 30.7. The Morgan fingerprint density at radius 2 is 0.571 bits per heavy atom. The van der Waals surface area contributed by atoms with E-state index in [0.717, 1.165) is 36.3 Å². The summed E-state index contributed by atoms with van der Waals surface area (Å²) in [7, 11) is -10.7. The van der Waals surface area contributed by atoms with Crippen LogP contribution in [0.2, 0.25) is 0 Å². The first-order valence-electron chi connectivity index (χ1n) is 20.7. The molecule has 0 aromatic carbocycles. The Labute approximate surface area is 304 Å². The Balaban J connectivity index is 0.000000178. The first kappa shape index (κ1) is 43.9. The van der Waals surface area contributed by atoms with Crippen molar-refractivity contribution >= 4 is 26.8 Å². The quantitative estimate of drug-likeness (QED) is 0.208. The summed E-state index contributed by atoms with van der Waals surface area (Å²) < 4.78 is 19.6. The minimum absolute atomic E-state index is 0.997. The fourth-order valence-corrected chi connectivity index (χ4v) is 10.7. The van der Waals surface area contributed by atoms with Crippen LogP contribution in [0.25, 0.3) is 0 Å². The van der Waals surface area contributed by atoms with Crippen LogP contribution in [0, 0.1) is 0 Å². The van der Waals surface area contributed by atoms with Crippen LogP contribution < -0.4 is 30.6 Å². The molecule has 2 unspecified atom stereocenters. The van der Waals surface area contributed by atoms with Crippen molar-refractivity contribution < 1.29 is 44.7 Å². The third-order valence-electron chi connectivity index (χ3n) is 12.1. The van der Waals surface area contributed by atoms with Crippen molar-refractivity contribution in [2.75, 3.05) is 0 Å². The molecule has 0 amide bonds. The van der Waals surface area contributed by atoms with Crippen molar-refractivity contribution in [3.05, 3.63) is 0 Å². The predicted octanol–water partition coefficient (Wildman–Crippen LogP) is 4.61. The van der Waals surface area contributed by atoms with E-state index in [0.29, 0.717) is 0 Å². The number of halogens is 1. The Hall–Kier alpha value is 0.470. The number of alkyl halides is 1. The predicted molar refractivity (Wildman–Crippen MR) is 194 cm³/mol. The lowest BCUT2D eigenvalue weighted by molar-refractivity contribution is -0.726. The van der Waals surface area contributed by atoms with Gasteiger partial charge in [0, 0.05) is 0 Å². The van der Waals surface area contributed by atoms with Crippen LogP contribution in [0.3, 0.4) is 0 Å². The van der Waals surface area contributed by atoms with Crippen LogP contribution >= 0.6 is 26.8 Å². The molecule has 0 aromatic rings. The Bertz CT molecular complexity index is 768. The van der Waals surface area contributed by atoms with E-state index in [4.69, 9.17) is 4.89 Å². The third-order valence-corrected chi connectivity index (χ3v) is 16.3. The van der Waals surface area contributed by atoms with Crippen molar-refractivity contribution in [1.82, 2.24) is 0 Å². The molecule has 7 N–H and O–H groups in total. The van der Waals surface area contributed by atoms with Crippen molar-refractivity contribution in [3.63, 3.8) is 0 Å². The lowest BCUT2D eigenvalue weighted by atomic mass is 9.91. The molecule has 6 saturated carbocycles. The van der Waals surface area contributed by atoms with Gasteiger partial charge in [-0.15, -0.1) is 11.6 Å². The molecule has 9 nitrogen and oxygen atoms in total. The molecule has 6 aliphatic carbocycles. The Morgan fingerprint density at radius 3 is 0.673 bits per heavy atom. The summed E-state index contributed by atoms with van der Waals surface area (Å²) in [6, 6.07) is 5.98. The molecule has 0 radical (unpaired) electrons. The summed E-state index contributed by atoms with van der Waals surface area (Å²) in [5.41, 5.74) is 0. The van der Waals surface area contributed by atoms with Crippen molar-refractivity contribution in [1.29, 1.82) is 0 Å². The van der Waals surface area contributed by atoms with Crippen LogP contribution in [0.4, 0.5) is 0 Å². The van der Waals surface area contributed by atoms with E-state index in [2.05, 4.69) is 27.6 Å². The second-order valence-corrected chi connectivity index (χ2v) is 21.1. The number of quaternary nitrogens is 3. The molecule has 49 heavy (non-hydrogen) atoms. The molecule has 6 rings (SSSR count). The maximum atomic E-state index is 9.86. The molecule has 0 saturated heterocycles. The van der Waals surface area contributed by atoms with Crippen LogP contribution in [0.1, 0.15) is 193 Å². The fraction of sp³-hybridized carbons (Fsp3) is 1.00. The molecule has 6 fully saturated rings. The van der Waals surface area contributed by atoms with E-state index in [-0.39, 0.29) is 0 Å². The largest absolute Gasteiger partial charge is 0.809 e. The molecule has 290 valence electrons. The van der Waals surface area contributed by atoms with Crippen molar-refractivity contribution in [2.24, 2.45) is 0 Å². The minimum Gasteiger partial charge on any atom is -0.809 e. The molecule has 6 aliphatic rings. The van der Waals surface area contributed by atoms with Crippen molar-refractivity contribution in [2.45, 2.75) is 234 Å². The van der Waals surface area contributed by atoms with Gasteiger partial charge in [0.05, 0.1) is 36.3 Å². The highest BCUT2D eigenvalue weighted by Crippen LogP contribution is 2.54. The van der Waals surface area contributed by atoms with Crippen LogP contribution in [0.5, 0.6) is 0 Å². The molecule has 0 heterocycles. The average Bonchev–Trinajstić information content (AvgIpc) is 3.11. The number of nitrogens with two attached hydrogens (primary N) is 3. The van der Waals surface area contributed by atoms with E-state index in [1.54, 1.807) is 0 Å². The second-order valence-electron chi connectivity index (χ2n) is 16.4. The Kier molecular flexibility index (Phi) is 22.1. The van der Waals surface area contributed by atoms with Gasteiger partial charge < -0.3 is 44.7 Å². The smallest absolute Gasteiger partial charge is 0.155 e. The van der Waals surface area contributed by atoms with Gasteiger partial charge in [0.15, 0.2) is 7.60 Å². The fourth-order valence-electron chi connectivity index (χ4n) is 9.29. The zero-order valence-corrected chi connectivity index (χ0v) is 33.3. The van der Waals surface area contributed by atoms with E-state index in [1.807, 2.05) is 0 Å². The molecule has 0 bridgehead atoms. The van der Waals surface area contributed by atoms with E-state index in [1.165, 1.54) is 193 Å². The van der Waals surface area contributed by atoms with Crippen LogP contribution in [-0.4, -0.2) is 46.0 Å². The van der Waals surface area contributed by atoms with Gasteiger partial charge in [-0.1, -0.05) is 38.5 Å². The van der Waals surface area contributed by atoms with E-state index in [9.17, 15) is 23.8 Å². The summed E-state index contributed by atoms with van der Waals surface area (Å²) in [5.74, 6) is 0. The van der Waals surface area contributed by atoms with Gasteiger partial charge in [-0.05, 0) is 162 Å². The molecular weight excluding hydrogens is 680 g/mol. The van der Waals surface area contributed by atoms with Gasteiger partial charge in [-0.2, -0.15) is 0 Å².